The molecule has 0 aromatic carbocycles. The Labute approximate surface area is 131 Å². The summed E-state index contributed by atoms with van der Waals surface area (Å²) in [5.41, 5.74) is 3.94. The Morgan fingerprint density at radius 3 is 1.57 bits per heavy atom. The molecule has 0 bridgehead atoms. The van der Waals surface area contributed by atoms with Crippen LogP contribution in [0.3, 0.4) is 0 Å². The molecule has 0 spiro atoms. The second kappa shape index (κ2) is 15.8. The first-order valence-electron chi connectivity index (χ1n) is 9.16. The Morgan fingerprint density at radius 1 is 0.810 bits per heavy atom. The lowest BCUT2D eigenvalue weighted by Gasteiger charge is -2.06. The maximum atomic E-state index is 10.2. The van der Waals surface area contributed by atoms with E-state index < -0.39 is 5.97 Å². The lowest BCUT2D eigenvalue weighted by molar-refractivity contribution is -0.378. The summed E-state index contributed by atoms with van der Waals surface area (Å²) in [7, 11) is 0. The van der Waals surface area contributed by atoms with Crippen LogP contribution in [-0.4, -0.2) is 12.5 Å². The second-order valence-electron chi connectivity index (χ2n) is 6.55. The number of carbonyl (C=O) groups is 1. The number of carboxylic acids is 1. The van der Waals surface area contributed by atoms with Crippen LogP contribution in [0.1, 0.15) is 96.8 Å². The van der Waals surface area contributed by atoms with E-state index in [9.17, 15) is 9.90 Å². The highest BCUT2D eigenvalue weighted by atomic mass is 16.4. The molecule has 0 aliphatic carbocycles. The van der Waals surface area contributed by atoms with Crippen molar-refractivity contribution < 1.29 is 15.6 Å². The van der Waals surface area contributed by atoms with E-state index >= 15 is 0 Å². The number of unbranched alkanes of at least 4 members (excludes halogenated alkanes) is 11. The van der Waals surface area contributed by atoms with Crippen LogP contribution in [0.5, 0.6) is 0 Å². The number of hydrogen-bond acceptors (Lipinski definition) is 2. The van der Waals surface area contributed by atoms with E-state index in [1.165, 1.54) is 70.6 Å². The number of carboxylic acid groups (broad SMARTS) is 1. The van der Waals surface area contributed by atoms with E-state index in [0.717, 1.165) is 25.3 Å². The monoisotopic (exact) mass is 299 g/mol. The van der Waals surface area contributed by atoms with Gasteiger partial charge in [-0.15, -0.1) is 0 Å². The molecular formula is C18H37NO2. The molecule has 0 aliphatic rings. The van der Waals surface area contributed by atoms with Crippen LogP contribution in [0.4, 0.5) is 0 Å². The Kier molecular flexibility index (Phi) is 15.4. The van der Waals surface area contributed by atoms with Crippen LogP contribution in [-0.2, 0) is 4.79 Å². The summed E-state index contributed by atoms with van der Waals surface area (Å²) in [6.07, 6.45) is 16.8. The van der Waals surface area contributed by atoms with E-state index in [2.05, 4.69) is 12.7 Å². The minimum Gasteiger partial charge on any atom is -0.550 e. The summed E-state index contributed by atoms with van der Waals surface area (Å²) in [6.45, 7) is 3.37. The Morgan fingerprint density at radius 2 is 1.19 bits per heavy atom. The number of quaternary nitrogens is 1. The van der Waals surface area contributed by atoms with Crippen LogP contribution < -0.4 is 10.8 Å². The molecule has 1 unspecified atom stereocenters. The summed E-state index contributed by atoms with van der Waals surface area (Å²) >= 11 is 0. The zero-order chi connectivity index (χ0) is 15.8. The average Bonchev–Trinajstić information content (AvgIpc) is 2.46. The highest BCUT2D eigenvalue weighted by molar-refractivity contribution is 5.63. The van der Waals surface area contributed by atoms with Crippen molar-refractivity contribution in [2.75, 3.05) is 6.54 Å². The van der Waals surface area contributed by atoms with Crippen LogP contribution in [0, 0.1) is 5.92 Å². The van der Waals surface area contributed by atoms with E-state index in [4.69, 9.17) is 0 Å². The van der Waals surface area contributed by atoms with Gasteiger partial charge in [-0.1, -0.05) is 77.6 Å². The van der Waals surface area contributed by atoms with Crippen molar-refractivity contribution in [2.24, 2.45) is 5.92 Å². The first-order chi connectivity index (χ1) is 10.2. The number of hydrogen-bond donors (Lipinski definition) is 1. The third-order valence-corrected chi connectivity index (χ3v) is 4.32. The molecule has 3 nitrogen and oxygen atoms in total. The van der Waals surface area contributed by atoms with E-state index in [-0.39, 0.29) is 6.42 Å². The summed E-state index contributed by atoms with van der Waals surface area (Å²) < 4.78 is 0. The van der Waals surface area contributed by atoms with Gasteiger partial charge in [0.25, 0.3) is 0 Å². The topological polar surface area (TPSA) is 67.8 Å². The van der Waals surface area contributed by atoms with Gasteiger partial charge in [0.05, 0.1) is 6.54 Å². The highest BCUT2D eigenvalue weighted by Gasteiger charge is 2.00. The van der Waals surface area contributed by atoms with Gasteiger partial charge >= 0.3 is 0 Å². The Balaban J connectivity index is 3.01. The van der Waals surface area contributed by atoms with Crippen molar-refractivity contribution in [3.05, 3.63) is 0 Å². The molecule has 0 aromatic heterocycles. The summed E-state index contributed by atoms with van der Waals surface area (Å²) in [5, 5.41) is 10.2. The van der Waals surface area contributed by atoms with Crippen LogP contribution in [0.25, 0.3) is 0 Å². The van der Waals surface area contributed by atoms with Crippen molar-refractivity contribution in [3.8, 4) is 0 Å². The van der Waals surface area contributed by atoms with Gasteiger partial charge in [0.2, 0.25) is 0 Å². The van der Waals surface area contributed by atoms with Gasteiger partial charge in [-0.3, -0.25) is 0 Å². The first-order valence-corrected chi connectivity index (χ1v) is 9.16. The minimum atomic E-state index is -0.907. The van der Waals surface area contributed by atoms with Crippen LogP contribution in [0.15, 0.2) is 0 Å². The largest absolute Gasteiger partial charge is 0.550 e. The van der Waals surface area contributed by atoms with Crippen LogP contribution >= 0.6 is 0 Å². The minimum absolute atomic E-state index is 0.230. The molecule has 0 amide bonds. The maximum Gasteiger partial charge on any atom is 0.0765 e. The fourth-order valence-electron chi connectivity index (χ4n) is 2.67. The molecule has 0 saturated heterocycles. The van der Waals surface area contributed by atoms with E-state index in [1.54, 1.807) is 0 Å². The lowest BCUT2D eigenvalue weighted by atomic mass is 10.0. The van der Waals surface area contributed by atoms with Crippen molar-refractivity contribution >= 4 is 5.97 Å². The molecule has 126 valence electrons. The standard InChI is InChI=1S/C18H37NO2/c1-17(16-19)14-12-10-8-6-4-2-3-5-7-9-11-13-15-18(20)21/h17H,2-16,19H2,1H3,(H,20,21). The summed E-state index contributed by atoms with van der Waals surface area (Å²) in [4.78, 5) is 10.2. The van der Waals surface area contributed by atoms with E-state index in [1.807, 2.05) is 0 Å². The number of rotatable bonds is 16. The zero-order valence-electron chi connectivity index (χ0n) is 14.2. The summed E-state index contributed by atoms with van der Waals surface area (Å²) in [5.74, 6) is -0.104. The van der Waals surface area contributed by atoms with Crippen LogP contribution in [0.2, 0.25) is 0 Å². The van der Waals surface area contributed by atoms with E-state index in [0.29, 0.717) is 0 Å². The predicted octanol–water partition coefficient (Wildman–Crippen LogP) is 3.08. The first kappa shape index (κ1) is 20.4. The van der Waals surface area contributed by atoms with Crippen molar-refractivity contribution in [3.63, 3.8) is 0 Å². The lowest BCUT2D eigenvalue weighted by Crippen LogP contribution is -2.53. The highest BCUT2D eigenvalue weighted by Crippen LogP contribution is 2.14. The van der Waals surface area contributed by atoms with Gasteiger partial charge < -0.3 is 15.6 Å². The average molecular weight is 299 g/mol. The Bertz CT molecular complexity index is 231. The van der Waals surface area contributed by atoms with Gasteiger partial charge in [-0.25, -0.2) is 0 Å². The molecule has 3 N–H and O–H groups in total. The third-order valence-electron chi connectivity index (χ3n) is 4.32. The fraction of sp³-hybridized carbons (Fsp3) is 0.944. The third kappa shape index (κ3) is 17.4. The normalized spacial score (nSPS) is 12.5. The SMILES string of the molecule is CC(C[NH3+])CCCCCCCCCCCCCCC(=O)[O-]. The molecule has 0 aromatic rings. The van der Waals surface area contributed by atoms with Crippen molar-refractivity contribution in [2.45, 2.75) is 96.8 Å². The molecule has 0 fully saturated rings. The molecule has 0 saturated carbocycles. The fourth-order valence-corrected chi connectivity index (χ4v) is 2.67. The van der Waals surface area contributed by atoms with Gasteiger partial charge in [-0.2, -0.15) is 0 Å². The number of carbonyl (C=O) groups excluding carboxylic acids is 1. The Hall–Kier alpha value is -0.570. The van der Waals surface area contributed by atoms with Gasteiger partial charge in [0.15, 0.2) is 0 Å². The molecule has 0 heterocycles. The smallest absolute Gasteiger partial charge is 0.0765 e. The van der Waals surface area contributed by atoms with Crippen molar-refractivity contribution in [1.29, 1.82) is 0 Å². The molecule has 0 aliphatic heterocycles. The molecule has 1 atom stereocenters. The molecular weight excluding hydrogens is 262 g/mol. The number of aliphatic carboxylic acids is 1. The quantitative estimate of drug-likeness (QED) is 0.445. The van der Waals surface area contributed by atoms with Gasteiger partial charge in [0, 0.05) is 11.9 Å². The van der Waals surface area contributed by atoms with Gasteiger partial charge in [0.1, 0.15) is 0 Å². The molecule has 0 radical (unpaired) electrons. The van der Waals surface area contributed by atoms with Crippen molar-refractivity contribution in [1.82, 2.24) is 0 Å². The predicted molar refractivity (Wildman–Crippen MR) is 86.6 cm³/mol. The molecule has 3 heteroatoms. The second-order valence-corrected chi connectivity index (χ2v) is 6.55. The zero-order valence-corrected chi connectivity index (χ0v) is 14.2. The molecule has 21 heavy (non-hydrogen) atoms. The maximum absolute atomic E-state index is 10.2. The molecule has 0 rings (SSSR count). The summed E-state index contributed by atoms with van der Waals surface area (Å²) in [6, 6.07) is 0. The van der Waals surface area contributed by atoms with Gasteiger partial charge in [-0.05, 0) is 19.3 Å².